The third-order valence-electron chi connectivity index (χ3n) is 1.80. The summed E-state index contributed by atoms with van der Waals surface area (Å²) < 4.78 is 10.6. The third kappa shape index (κ3) is 4.66. The Labute approximate surface area is 112 Å². The lowest BCUT2D eigenvalue weighted by Crippen LogP contribution is -2.12. The van der Waals surface area contributed by atoms with Gasteiger partial charge in [0, 0.05) is 5.25 Å². The van der Waals surface area contributed by atoms with Crippen molar-refractivity contribution in [3.05, 3.63) is 29.8 Å². The lowest BCUT2D eigenvalue weighted by atomic mass is 10.2. The van der Waals surface area contributed by atoms with E-state index in [1.807, 2.05) is 13.8 Å². The fraction of sp³-hybridized carbons (Fsp3) is 0.364. The van der Waals surface area contributed by atoms with Gasteiger partial charge in [-0.1, -0.05) is 12.1 Å². The van der Waals surface area contributed by atoms with E-state index < -0.39 is 13.0 Å². The molecule has 98 valence electrons. The number of benzene rings is 1. The van der Waals surface area contributed by atoms with Crippen molar-refractivity contribution in [1.29, 1.82) is 0 Å². The molecule has 1 N–H and O–H groups in total. The van der Waals surface area contributed by atoms with Gasteiger partial charge in [0.05, 0.1) is 13.2 Å². The molecule has 1 aromatic rings. The van der Waals surface area contributed by atoms with E-state index in [0.29, 0.717) is 11.3 Å². The number of para-hydroxylation sites is 1. The molecule has 1 rings (SSSR count). The van der Waals surface area contributed by atoms with Gasteiger partial charge in [-0.05, 0) is 26.0 Å². The fourth-order valence-electron chi connectivity index (χ4n) is 1.21. The van der Waals surface area contributed by atoms with Crippen LogP contribution >= 0.6 is 7.07 Å². The Hall–Kier alpha value is -1.07. The zero-order valence-electron chi connectivity index (χ0n) is 10.4. The first kappa shape index (κ1) is 15.0. The van der Waals surface area contributed by atoms with Gasteiger partial charge in [0.1, 0.15) is 11.3 Å². The largest absolute Gasteiger partial charge is 0.519 e. The maximum atomic E-state index is 11.9. The zero-order chi connectivity index (χ0) is 13.5. The molecule has 5 nitrogen and oxygen atoms in total. The number of nitrogens with one attached hydrogen (secondary N) is 1. The summed E-state index contributed by atoms with van der Waals surface area (Å²) in [6.07, 6.45) is -0.0268. The van der Waals surface area contributed by atoms with Crippen LogP contribution in [0.1, 0.15) is 24.2 Å². The second kappa shape index (κ2) is 7.38. The Morgan fingerprint density at radius 3 is 2.67 bits per heavy atom. The molecule has 0 saturated heterocycles. The molecule has 0 aromatic heterocycles. The van der Waals surface area contributed by atoms with Gasteiger partial charge in [-0.2, -0.15) is 0 Å². The number of hydrogen-bond acceptors (Lipinski definition) is 5. The van der Waals surface area contributed by atoms with Crippen molar-refractivity contribution in [2.75, 3.05) is 7.11 Å². The number of hydrogen-bond donors (Lipinski definition) is 1. The smallest absolute Gasteiger partial charge is 0.490 e. The highest BCUT2D eigenvalue weighted by Gasteiger charge is 2.23. The second-order valence-corrected chi connectivity index (χ2v) is 5.47. The van der Waals surface area contributed by atoms with E-state index in [1.54, 1.807) is 24.3 Å². The molecular weight excluding hydrogens is 273 g/mol. The summed E-state index contributed by atoms with van der Waals surface area (Å²) in [4.78, 5) is 16.5. The monoisotopic (exact) mass is 288 g/mol. The minimum absolute atomic E-state index is 0.0268. The van der Waals surface area contributed by atoms with Crippen molar-refractivity contribution in [3.63, 3.8) is 0 Å². The lowest BCUT2D eigenvalue weighted by Gasteiger charge is -2.11. The Balaban J connectivity index is 2.81. The van der Waals surface area contributed by atoms with Crippen molar-refractivity contribution < 1.29 is 18.9 Å². The predicted octanol–water partition coefficient (Wildman–Crippen LogP) is 2.56. The van der Waals surface area contributed by atoms with Crippen LogP contribution in [-0.4, -0.2) is 19.2 Å². The summed E-state index contributed by atoms with van der Waals surface area (Å²) in [5, 5.41) is 2.40. The normalized spacial score (nSPS) is 11.2. The standard InChI is InChI=1S/C11H15NO4PS/c1-8(2)15-10-7-5-4-6-9(10)11(13)16-17(18)12-14-3/h4-8H,1-3H3,(H,12,18)/q+1. The van der Waals surface area contributed by atoms with Crippen LogP contribution in [0.3, 0.4) is 0 Å². The Bertz CT molecular complexity index is 439. The minimum atomic E-state index is -1.57. The number of rotatable bonds is 6. The van der Waals surface area contributed by atoms with Crippen molar-refractivity contribution >= 4 is 24.9 Å². The number of carbonyl (C=O) groups excluding carboxylic acids is 1. The summed E-state index contributed by atoms with van der Waals surface area (Å²) in [7, 11) is -0.162. The van der Waals surface area contributed by atoms with Gasteiger partial charge < -0.3 is 4.74 Å². The average Bonchev–Trinajstić information content (AvgIpc) is 2.28. The summed E-state index contributed by atoms with van der Waals surface area (Å²) >= 11 is 4.89. The molecule has 0 bridgehead atoms. The topological polar surface area (TPSA) is 56.8 Å². The van der Waals surface area contributed by atoms with Crippen LogP contribution in [0.25, 0.3) is 0 Å². The first-order valence-electron chi connectivity index (χ1n) is 5.28. The van der Waals surface area contributed by atoms with Crippen molar-refractivity contribution in [2.45, 2.75) is 20.0 Å². The highest BCUT2D eigenvalue weighted by molar-refractivity contribution is 8.02. The molecule has 0 aliphatic heterocycles. The van der Waals surface area contributed by atoms with Crippen LogP contribution in [0, 0.1) is 0 Å². The molecule has 18 heavy (non-hydrogen) atoms. The van der Waals surface area contributed by atoms with Gasteiger partial charge in [-0.3, -0.25) is 4.84 Å². The molecule has 0 spiro atoms. The van der Waals surface area contributed by atoms with Crippen LogP contribution in [0.2, 0.25) is 0 Å². The first-order valence-corrected chi connectivity index (χ1v) is 7.55. The van der Waals surface area contributed by atoms with Crippen molar-refractivity contribution in [2.24, 2.45) is 0 Å². The van der Waals surface area contributed by atoms with Crippen molar-refractivity contribution in [3.8, 4) is 5.75 Å². The highest BCUT2D eigenvalue weighted by atomic mass is 32.4. The van der Waals surface area contributed by atoms with Gasteiger partial charge in [0.2, 0.25) is 11.8 Å². The third-order valence-corrected chi connectivity index (χ3v) is 2.91. The SMILES string of the molecule is CON[P+](=S)OC(=O)c1ccccc1OC(C)C. The van der Waals surface area contributed by atoms with E-state index in [-0.39, 0.29) is 6.10 Å². The van der Waals surface area contributed by atoms with E-state index in [9.17, 15) is 4.79 Å². The predicted molar refractivity (Wildman–Crippen MR) is 72.1 cm³/mol. The molecule has 7 heteroatoms. The van der Waals surface area contributed by atoms with Gasteiger partial charge in [-0.25, -0.2) is 9.32 Å². The Morgan fingerprint density at radius 1 is 1.39 bits per heavy atom. The van der Waals surface area contributed by atoms with E-state index >= 15 is 0 Å². The molecule has 0 heterocycles. The van der Waals surface area contributed by atoms with Crippen molar-refractivity contribution in [1.82, 2.24) is 5.25 Å². The minimum Gasteiger partial charge on any atom is -0.490 e. The summed E-state index contributed by atoms with van der Waals surface area (Å²) in [6, 6.07) is 6.87. The van der Waals surface area contributed by atoms with Crippen LogP contribution in [-0.2, 0) is 21.2 Å². The van der Waals surface area contributed by atoms with Crippen LogP contribution < -0.4 is 9.99 Å². The summed E-state index contributed by atoms with van der Waals surface area (Å²) in [5.74, 6) is -0.0507. The highest BCUT2D eigenvalue weighted by Crippen LogP contribution is 2.25. The van der Waals surface area contributed by atoms with Crippen LogP contribution in [0.5, 0.6) is 5.75 Å². The molecule has 1 aromatic carbocycles. The molecular formula is C11H15NO4PS+. The van der Waals surface area contributed by atoms with Gasteiger partial charge in [-0.15, -0.1) is 0 Å². The summed E-state index contributed by atoms with van der Waals surface area (Å²) in [5.41, 5.74) is 0.349. The Morgan fingerprint density at radius 2 is 2.06 bits per heavy atom. The molecule has 0 radical (unpaired) electrons. The molecule has 1 atom stereocenters. The Kier molecular flexibility index (Phi) is 6.15. The molecule has 0 fully saturated rings. The second-order valence-electron chi connectivity index (χ2n) is 3.59. The zero-order valence-corrected chi connectivity index (χ0v) is 12.1. The van der Waals surface area contributed by atoms with Crippen LogP contribution in [0.15, 0.2) is 24.3 Å². The van der Waals surface area contributed by atoms with Gasteiger partial charge in [0.15, 0.2) is 0 Å². The summed E-state index contributed by atoms with van der Waals surface area (Å²) in [6.45, 7) is 3.77. The quantitative estimate of drug-likeness (QED) is 0.641. The van der Waals surface area contributed by atoms with E-state index in [2.05, 4.69) is 10.1 Å². The number of ether oxygens (including phenoxy) is 1. The van der Waals surface area contributed by atoms with E-state index in [1.165, 1.54) is 7.11 Å². The molecule has 1 unspecified atom stereocenters. The van der Waals surface area contributed by atoms with Gasteiger partial charge >= 0.3 is 13.0 Å². The molecule has 0 saturated carbocycles. The van der Waals surface area contributed by atoms with E-state index in [4.69, 9.17) is 21.1 Å². The van der Waals surface area contributed by atoms with Gasteiger partial charge in [0.25, 0.3) is 0 Å². The fourth-order valence-corrected chi connectivity index (χ4v) is 2.07. The first-order chi connectivity index (χ1) is 8.54. The lowest BCUT2D eigenvalue weighted by molar-refractivity contribution is 0.0727. The average molecular weight is 288 g/mol. The molecule has 0 amide bonds. The van der Waals surface area contributed by atoms with Crippen LogP contribution in [0.4, 0.5) is 0 Å². The molecule has 0 aliphatic rings. The maximum Gasteiger partial charge on any atom is 0.519 e. The number of carbonyl (C=O) groups is 1. The maximum absolute atomic E-state index is 11.9. The van der Waals surface area contributed by atoms with E-state index in [0.717, 1.165) is 0 Å². The molecule has 0 aliphatic carbocycles.